The molecule has 0 atom stereocenters. The van der Waals surface area contributed by atoms with Crippen molar-refractivity contribution in [3.8, 4) is 0 Å². The van der Waals surface area contributed by atoms with Gasteiger partial charge >= 0.3 is 0 Å². The highest BCUT2D eigenvalue weighted by Crippen LogP contribution is 2.21. The fourth-order valence-electron chi connectivity index (χ4n) is 2.32. The molecule has 1 N–H and O–H groups in total. The Balaban J connectivity index is 2.08. The first kappa shape index (κ1) is 18.5. The Morgan fingerprint density at radius 2 is 1.92 bits per heavy atom. The number of nitrogens with one attached hydrogen (secondary N) is 1. The van der Waals surface area contributed by atoms with Crippen LogP contribution in [-0.4, -0.2) is 24.0 Å². The number of pyridine rings is 1. The molecule has 2 rings (SSSR count). The van der Waals surface area contributed by atoms with Crippen molar-refractivity contribution in [1.82, 2.24) is 10.3 Å². The largest absolute Gasteiger partial charge is 0.370 e. The first-order valence-electron chi connectivity index (χ1n) is 7.59. The van der Waals surface area contributed by atoms with E-state index in [4.69, 9.17) is 23.2 Å². The van der Waals surface area contributed by atoms with Gasteiger partial charge in [-0.15, -0.1) is 0 Å². The smallest absolute Gasteiger partial charge is 0.271 e. The van der Waals surface area contributed by atoms with Gasteiger partial charge in [0, 0.05) is 19.6 Å². The molecule has 0 spiro atoms. The van der Waals surface area contributed by atoms with E-state index >= 15 is 0 Å². The summed E-state index contributed by atoms with van der Waals surface area (Å²) in [5.74, 6) is -0.778. The normalized spacial score (nSPS) is 10.5. The van der Waals surface area contributed by atoms with Gasteiger partial charge in [0.1, 0.15) is 16.7 Å². The quantitative estimate of drug-likeness (QED) is 0.771. The Morgan fingerprint density at radius 1 is 1.21 bits per heavy atom. The number of aromatic nitrogens is 1. The summed E-state index contributed by atoms with van der Waals surface area (Å²) in [5.41, 5.74) is 1.24. The average Bonchev–Trinajstić information content (AvgIpc) is 2.57. The minimum atomic E-state index is -0.462. The third-order valence-electron chi connectivity index (χ3n) is 3.60. The lowest BCUT2D eigenvalue weighted by Crippen LogP contribution is -2.25. The van der Waals surface area contributed by atoms with Gasteiger partial charge in [-0.1, -0.05) is 29.3 Å². The minimum absolute atomic E-state index is 0.0457. The zero-order valence-electron chi connectivity index (χ0n) is 13.4. The maximum Gasteiger partial charge on any atom is 0.271 e. The second-order valence-corrected chi connectivity index (χ2v) is 5.90. The van der Waals surface area contributed by atoms with E-state index in [1.54, 1.807) is 12.1 Å². The number of amides is 1. The van der Waals surface area contributed by atoms with Crippen molar-refractivity contribution in [2.24, 2.45) is 0 Å². The average molecular weight is 370 g/mol. The zero-order chi connectivity index (χ0) is 17.7. The number of rotatable bonds is 6. The molecule has 0 saturated carbocycles. The summed E-state index contributed by atoms with van der Waals surface area (Å²) < 4.78 is 14.2. The molecule has 0 bridgehead atoms. The maximum atomic E-state index is 14.2. The molecular formula is C17H18Cl2FN3O. The van der Waals surface area contributed by atoms with Crippen LogP contribution in [0.3, 0.4) is 0 Å². The van der Waals surface area contributed by atoms with Crippen molar-refractivity contribution >= 4 is 34.8 Å². The molecule has 0 unspecified atom stereocenters. The highest BCUT2D eigenvalue weighted by molar-refractivity contribution is 6.34. The Hall–Kier alpha value is -1.85. The van der Waals surface area contributed by atoms with Gasteiger partial charge in [-0.25, -0.2) is 9.37 Å². The number of carbonyl (C=O) groups excluding carboxylic acids is 1. The fourth-order valence-corrected chi connectivity index (χ4v) is 2.66. The van der Waals surface area contributed by atoms with E-state index in [-0.39, 0.29) is 28.2 Å². The number of carbonyl (C=O) groups is 1. The molecule has 1 heterocycles. The Morgan fingerprint density at radius 3 is 2.54 bits per heavy atom. The second-order valence-electron chi connectivity index (χ2n) is 5.11. The number of benzene rings is 1. The van der Waals surface area contributed by atoms with Gasteiger partial charge in [-0.2, -0.15) is 0 Å². The molecule has 0 radical (unpaired) electrons. The molecule has 128 valence electrons. The number of halogens is 3. The second kappa shape index (κ2) is 8.31. The minimum Gasteiger partial charge on any atom is -0.370 e. The zero-order valence-corrected chi connectivity index (χ0v) is 15.0. The van der Waals surface area contributed by atoms with E-state index in [9.17, 15) is 9.18 Å². The summed E-state index contributed by atoms with van der Waals surface area (Å²) in [6.07, 6.45) is 0. The summed E-state index contributed by atoms with van der Waals surface area (Å²) in [6, 6.07) is 7.92. The highest BCUT2D eigenvalue weighted by atomic mass is 35.5. The fraction of sp³-hybridized carbons (Fsp3) is 0.294. The molecule has 4 nitrogen and oxygen atoms in total. The monoisotopic (exact) mass is 369 g/mol. The van der Waals surface area contributed by atoms with Crippen LogP contribution in [0.2, 0.25) is 10.2 Å². The summed E-state index contributed by atoms with van der Waals surface area (Å²) in [6.45, 7) is 5.56. The van der Waals surface area contributed by atoms with Crippen LogP contribution < -0.4 is 10.2 Å². The number of anilines is 1. The van der Waals surface area contributed by atoms with Gasteiger partial charge < -0.3 is 10.2 Å². The lowest BCUT2D eigenvalue weighted by Gasteiger charge is -2.22. The maximum absolute atomic E-state index is 14.2. The third-order valence-corrected chi connectivity index (χ3v) is 4.11. The topological polar surface area (TPSA) is 45.2 Å². The summed E-state index contributed by atoms with van der Waals surface area (Å²) in [5, 5.41) is 3.05. The highest BCUT2D eigenvalue weighted by Gasteiger charge is 2.14. The molecular weight excluding hydrogens is 352 g/mol. The van der Waals surface area contributed by atoms with Gasteiger partial charge in [0.2, 0.25) is 0 Å². The van der Waals surface area contributed by atoms with Crippen molar-refractivity contribution in [1.29, 1.82) is 0 Å². The van der Waals surface area contributed by atoms with Crippen molar-refractivity contribution in [3.63, 3.8) is 0 Å². The predicted octanol–water partition coefficient (Wildman–Crippen LogP) is 4.30. The van der Waals surface area contributed by atoms with Crippen molar-refractivity contribution < 1.29 is 9.18 Å². The molecule has 0 aliphatic heterocycles. The van der Waals surface area contributed by atoms with E-state index < -0.39 is 5.91 Å². The van der Waals surface area contributed by atoms with Crippen LogP contribution in [0.1, 0.15) is 29.9 Å². The molecule has 0 aliphatic carbocycles. The standard InChI is InChI=1S/C17H18Cl2FN3O/c1-3-23(4-2)14-7-5-11(9-13(14)20)10-21-17(24)16-12(18)6-8-15(19)22-16/h5-9H,3-4,10H2,1-2H3,(H,21,24). The summed E-state index contributed by atoms with van der Waals surface area (Å²) >= 11 is 11.7. The summed E-state index contributed by atoms with van der Waals surface area (Å²) in [4.78, 5) is 18.0. The van der Waals surface area contributed by atoms with Crippen molar-refractivity contribution in [2.45, 2.75) is 20.4 Å². The molecule has 1 amide bonds. The molecule has 0 fully saturated rings. The van der Waals surface area contributed by atoms with E-state index in [1.807, 2.05) is 18.7 Å². The summed E-state index contributed by atoms with van der Waals surface area (Å²) in [7, 11) is 0. The van der Waals surface area contributed by atoms with Gasteiger partial charge in [0.25, 0.3) is 5.91 Å². The van der Waals surface area contributed by atoms with E-state index in [1.165, 1.54) is 18.2 Å². The van der Waals surface area contributed by atoms with Crippen LogP contribution in [0.5, 0.6) is 0 Å². The molecule has 7 heteroatoms. The van der Waals surface area contributed by atoms with Crippen molar-refractivity contribution in [3.05, 3.63) is 57.6 Å². The Bertz CT molecular complexity index is 736. The first-order chi connectivity index (χ1) is 11.5. The third kappa shape index (κ3) is 4.36. The van der Waals surface area contributed by atoms with Crippen LogP contribution in [-0.2, 0) is 6.54 Å². The molecule has 2 aromatic rings. The lowest BCUT2D eigenvalue weighted by molar-refractivity contribution is 0.0946. The van der Waals surface area contributed by atoms with Gasteiger partial charge in [0.15, 0.2) is 0 Å². The van der Waals surface area contributed by atoms with Gasteiger partial charge in [0.05, 0.1) is 10.7 Å². The lowest BCUT2D eigenvalue weighted by atomic mass is 10.1. The first-order valence-corrected chi connectivity index (χ1v) is 8.35. The van der Waals surface area contributed by atoms with Crippen LogP contribution >= 0.6 is 23.2 Å². The molecule has 24 heavy (non-hydrogen) atoms. The van der Waals surface area contributed by atoms with Crippen LogP contribution in [0.25, 0.3) is 0 Å². The van der Waals surface area contributed by atoms with E-state index in [2.05, 4.69) is 10.3 Å². The number of nitrogens with zero attached hydrogens (tertiary/aromatic N) is 2. The molecule has 1 aromatic heterocycles. The number of hydrogen-bond acceptors (Lipinski definition) is 3. The number of hydrogen-bond donors (Lipinski definition) is 1. The Kier molecular flexibility index (Phi) is 6.40. The Labute approximate surface area is 150 Å². The predicted molar refractivity (Wildman–Crippen MR) is 95.4 cm³/mol. The van der Waals surface area contributed by atoms with Gasteiger partial charge in [-0.3, -0.25) is 4.79 Å². The van der Waals surface area contributed by atoms with E-state index in [0.717, 1.165) is 13.1 Å². The van der Waals surface area contributed by atoms with Crippen LogP contribution in [0.15, 0.2) is 30.3 Å². The van der Waals surface area contributed by atoms with Crippen LogP contribution in [0, 0.1) is 5.82 Å². The van der Waals surface area contributed by atoms with Gasteiger partial charge in [-0.05, 0) is 43.7 Å². The molecule has 1 aromatic carbocycles. The molecule has 0 saturated heterocycles. The van der Waals surface area contributed by atoms with E-state index in [0.29, 0.717) is 11.3 Å². The van der Waals surface area contributed by atoms with Crippen molar-refractivity contribution in [2.75, 3.05) is 18.0 Å². The molecule has 0 aliphatic rings. The SMILES string of the molecule is CCN(CC)c1ccc(CNC(=O)c2nc(Cl)ccc2Cl)cc1F. The van der Waals surface area contributed by atoms with Crippen LogP contribution in [0.4, 0.5) is 10.1 Å².